The number of alkyl halides is 3. The summed E-state index contributed by atoms with van der Waals surface area (Å²) in [6.07, 6.45) is -4.31. The first-order valence-electron chi connectivity index (χ1n) is 11.2. The van der Waals surface area contributed by atoms with Crippen LogP contribution in [-0.4, -0.2) is 22.0 Å². The van der Waals surface area contributed by atoms with Gasteiger partial charge in [-0.05, 0) is 43.5 Å². The summed E-state index contributed by atoms with van der Waals surface area (Å²) in [5.41, 5.74) is -2.31. The van der Waals surface area contributed by atoms with Crippen LogP contribution in [0.5, 0.6) is 0 Å². The van der Waals surface area contributed by atoms with Gasteiger partial charge in [0.2, 0.25) is 5.91 Å². The summed E-state index contributed by atoms with van der Waals surface area (Å²) in [6, 6.07) is 6.93. The topological polar surface area (TPSA) is 84.1 Å². The molecule has 1 aliphatic rings. The molecule has 0 bridgehead atoms. The third-order valence-electron chi connectivity index (χ3n) is 6.02. The highest BCUT2D eigenvalue weighted by molar-refractivity contribution is 6.30. The van der Waals surface area contributed by atoms with Crippen molar-refractivity contribution in [2.45, 2.75) is 45.2 Å². The third-order valence-corrected chi connectivity index (χ3v) is 6.31. The Kier molecular flexibility index (Phi) is 7.65. The van der Waals surface area contributed by atoms with Crippen molar-refractivity contribution in [1.29, 1.82) is 0 Å². The lowest BCUT2D eigenvalue weighted by atomic mass is 9.81. The number of hydrogen-bond acceptors (Lipinski definition) is 4. The molecule has 1 saturated carbocycles. The lowest BCUT2D eigenvalue weighted by Gasteiger charge is -2.34. The van der Waals surface area contributed by atoms with E-state index in [9.17, 15) is 27.2 Å². The number of benzene rings is 2. The minimum absolute atomic E-state index is 0.0184. The SMILES string of the molecule is Cc1cc(=O)[nH]c(-c2c(C(F)(F)F)ccc(CNC(=O)[C@H]3C[C@H](OCc4ccc(F)c(Cl)c4)C3)c2F)n1. The van der Waals surface area contributed by atoms with Gasteiger partial charge in [-0.2, -0.15) is 13.2 Å². The first-order valence-corrected chi connectivity index (χ1v) is 11.6. The molecule has 2 aromatic carbocycles. The van der Waals surface area contributed by atoms with Crippen LogP contribution in [0.2, 0.25) is 5.02 Å². The second-order valence-electron chi connectivity index (χ2n) is 8.76. The van der Waals surface area contributed by atoms with E-state index in [1.165, 1.54) is 19.1 Å². The molecule has 2 N–H and O–H groups in total. The standard InChI is InChI=1S/C25H21ClF5N3O3/c1-12-6-20(35)34-23(33-12)21-17(25(29,30)31)4-3-14(22(21)28)10-32-24(36)15-8-16(9-15)37-11-13-2-5-19(27)18(26)7-13/h2-7,15-16H,8-11H2,1H3,(H,32,36)(H,33,34,35)/t15-,16-. The Morgan fingerprint density at radius 2 is 1.92 bits per heavy atom. The number of aromatic amines is 1. The zero-order valence-electron chi connectivity index (χ0n) is 19.4. The lowest BCUT2D eigenvalue weighted by molar-refractivity contribution is -0.137. The lowest BCUT2D eigenvalue weighted by Crippen LogP contribution is -2.42. The number of rotatable bonds is 7. The van der Waals surface area contributed by atoms with Crippen molar-refractivity contribution in [1.82, 2.24) is 15.3 Å². The number of aryl methyl sites for hydroxylation is 1. The van der Waals surface area contributed by atoms with E-state index in [0.29, 0.717) is 24.5 Å². The molecule has 1 aliphatic carbocycles. The fourth-order valence-electron chi connectivity index (χ4n) is 4.01. The van der Waals surface area contributed by atoms with Crippen LogP contribution >= 0.6 is 11.6 Å². The van der Waals surface area contributed by atoms with E-state index < -0.39 is 52.1 Å². The van der Waals surface area contributed by atoms with E-state index in [2.05, 4.69) is 15.3 Å². The number of carbonyl (C=O) groups excluding carboxylic acids is 1. The predicted molar refractivity (Wildman–Crippen MR) is 125 cm³/mol. The number of halogens is 6. The van der Waals surface area contributed by atoms with Gasteiger partial charge in [0.15, 0.2) is 0 Å². The van der Waals surface area contributed by atoms with Gasteiger partial charge in [0.05, 0.1) is 28.9 Å². The molecule has 0 aliphatic heterocycles. The van der Waals surface area contributed by atoms with Crippen LogP contribution in [0.4, 0.5) is 22.0 Å². The number of H-pyrrole nitrogens is 1. The number of ether oxygens (including phenoxy) is 1. The summed E-state index contributed by atoms with van der Waals surface area (Å²) in [5, 5.41) is 2.52. The molecule has 0 atom stereocenters. The summed E-state index contributed by atoms with van der Waals surface area (Å²) in [7, 11) is 0. The van der Waals surface area contributed by atoms with Crippen LogP contribution < -0.4 is 10.9 Å². The zero-order valence-corrected chi connectivity index (χ0v) is 20.1. The molecular formula is C25H21ClF5N3O3. The van der Waals surface area contributed by atoms with E-state index in [0.717, 1.165) is 12.1 Å². The molecule has 1 heterocycles. The number of hydrogen-bond donors (Lipinski definition) is 2. The fourth-order valence-corrected chi connectivity index (χ4v) is 4.21. The quantitative estimate of drug-likeness (QED) is 0.397. The smallest absolute Gasteiger partial charge is 0.373 e. The minimum Gasteiger partial charge on any atom is -0.373 e. The Labute approximate surface area is 212 Å². The van der Waals surface area contributed by atoms with Crippen LogP contribution in [0.15, 0.2) is 41.2 Å². The first-order chi connectivity index (χ1) is 17.4. The molecule has 1 amide bonds. The Morgan fingerprint density at radius 1 is 1.19 bits per heavy atom. The van der Waals surface area contributed by atoms with E-state index in [-0.39, 0.29) is 35.5 Å². The molecule has 6 nitrogen and oxygen atoms in total. The van der Waals surface area contributed by atoms with Crippen LogP contribution in [0.25, 0.3) is 11.4 Å². The van der Waals surface area contributed by atoms with Gasteiger partial charge in [-0.15, -0.1) is 0 Å². The maximum Gasteiger partial charge on any atom is 0.417 e. The van der Waals surface area contributed by atoms with E-state index >= 15 is 4.39 Å². The molecule has 0 radical (unpaired) electrons. The molecule has 196 valence electrons. The summed E-state index contributed by atoms with van der Waals surface area (Å²) in [6.45, 7) is 1.23. The summed E-state index contributed by atoms with van der Waals surface area (Å²) in [4.78, 5) is 30.3. The van der Waals surface area contributed by atoms with Gasteiger partial charge in [0, 0.05) is 29.8 Å². The number of nitrogens with one attached hydrogen (secondary N) is 2. The molecule has 4 rings (SSSR count). The molecule has 12 heteroatoms. The maximum atomic E-state index is 15.3. The molecule has 0 spiro atoms. The van der Waals surface area contributed by atoms with Crippen molar-refractivity contribution in [3.05, 3.63) is 85.8 Å². The van der Waals surface area contributed by atoms with Gasteiger partial charge in [-0.1, -0.05) is 23.7 Å². The average molecular weight is 542 g/mol. The maximum absolute atomic E-state index is 15.3. The second-order valence-corrected chi connectivity index (χ2v) is 9.17. The average Bonchev–Trinajstić information content (AvgIpc) is 2.77. The Morgan fingerprint density at radius 3 is 2.57 bits per heavy atom. The van der Waals surface area contributed by atoms with Crippen molar-refractivity contribution >= 4 is 17.5 Å². The molecule has 0 saturated heterocycles. The summed E-state index contributed by atoms with van der Waals surface area (Å²) < 4.78 is 74.9. The van der Waals surface area contributed by atoms with Crippen molar-refractivity contribution in [2.24, 2.45) is 5.92 Å². The number of amides is 1. The summed E-state index contributed by atoms with van der Waals surface area (Å²) in [5.74, 6) is -3.13. The Balaban J connectivity index is 1.40. The van der Waals surface area contributed by atoms with Crippen molar-refractivity contribution < 1.29 is 31.5 Å². The molecule has 3 aromatic rings. The minimum atomic E-state index is -4.90. The number of nitrogens with zero attached hydrogens (tertiary/aromatic N) is 1. The van der Waals surface area contributed by atoms with Crippen LogP contribution in [0.3, 0.4) is 0 Å². The van der Waals surface area contributed by atoms with Gasteiger partial charge < -0.3 is 15.0 Å². The number of carbonyl (C=O) groups is 1. The van der Waals surface area contributed by atoms with Crippen LogP contribution in [-0.2, 0) is 28.9 Å². The monoisotopic (exact) mass is 541 g/mol. The molecule has 1 aromatic heterocycles. The van der Waals surface area contributed by atoms with Gasteiger partial charge >= 0.3 is 6.18 Å². The van der Waals surface area contributed by atoms with Crippen LogP contribution in [0, 0.1) is 24.5 Å². The van der Waals surface area contributed by atoms with Crippen molar-refractivity contribution in [2.75, 3.05) is 0 Å². The van der Waals surface area contributed by atoms with E-state index in [1.54, 1.807) is 6.07 Å². The highest BCUT2D eigenvalue weighted by Crippen LogP contribution is 2.38. The Hall–Kier alpha value is -3.31. The molecular weight excluding hydrogens is 521 g/mol. The highest BCUT2D eigenvalue weighted by atomic mass is 35.5. The normalized spacial score (nSPS) is 17.4. The molecule has 0 unspecified atom stereocenters. The Bertz CT molecular complexity index is 1390. The van der Waals surface area contributed by atoms with E-state index in [4.69, 9.17) is 16.3 Å². The molecule has 37 heavy (non-hydrogen) atoms. The highest BCUT2D eigenvalue weighted by Gasteiger charge is 2.37. The van der Waals surface area contributed by atoms with Crippen molar-refractivity contribution in [3.8, 4) is 11.4 Å². The predicted octanol–water partition coefficient (Wildman–Crippen LogP) is 5.31. The first kappa shape index (κ1) is 26.7. The van der Waals surface area contributed by atoms with Gasteiger partial charge in [0.25, 0.3) is 5.56 Å². The van der Waals surface area contributed by atoms with E-state index in [1.807, 2.05) is 0 Å². The van der Waals surface area contributed by atoms with Gasteiger partial charge in [-0.3, -0.25) is 9.59 Å². The van der Waals surface area contributed by atoms with Gasteiger partial charge in [-0.25, -0.2) is 13.8 Å². The van der Waals surface area contributed by atoms with Crippen LogP contribution in [0.1, 0.15) is 35.2 Å². The number of aromatic nitrogens is 2. The van der Waals surface area contributed by atoms with Crippen molar-refractivity contribution in [3.63, 3.8) is 0 Å². The fraction of sp³-hybridized carbons (Fsp3) is 0.320. The third kappa shape index (κ3) is 6.16. The molecule has 1 fully saturated rings. The largest absolute Gasteiger partial charge is 0.417 e. The summed E-state index contributed by atoms with van der Waals surface area (Å²) >= 11 is 5.74. The van der Waals surface area contributed by atoms with Gasteiger partial charge in [0.1, 0.15) is 17.5 Å². The zero-order chi connectivity index (χ0) is 26.9. The second kappa shape index (κ2) is 10.6.